The van der Waals surface area contributed by atoms with Crippen molar-refractivity contribution in [3.05, 3.63) is 96.3 Å². The zero-order chi connectivity index (χ0) is 23.9. The molecule has 4 rings (SSSR count). The summed E-state index contributed by atoms with van der Waals surface area (Å²) in [6.07, 6.45) is -0.622. The maximum absolute atomic E-state index is 12.5. The zero-order valence-electron chi connectivity index (χ0n) is 19.4. The highest BCUT2D eigenvalue weighted by Crippen LogP contribution is 2.22. The smallest absolute Gasteiger partial charge is 0.265 e. The molecule has 1 unspecified atom stereocenters. The number of anilines is 5. The summed E-state index contributed by atoms with van der Waals surface area (Å²) in [7, 11) is 0. The molecule has 0 radical (unpaired) electrons. The molecule has 3 N–H and O–H groups in total. The minimum absolute atomic E-state index is 0.220. The second kappa shape index (κ2) is 10.5. The van der Waals surface area contributed by atoms with Gasteiger partial charge >= 0.3 is 0 Å². The molecule has 1 heterocycles. The Morgan fingerprint density at radius 2 is 1.29 bits per heavy atom. The Morgan fingerprint density at radius 1 is 0.765 bits per heavy atom. The van der Waals surface area contributed by atoms with Gasteiger partial charge < -0.3 is 20.7 Å². The van der Waals surface area contributed by atoms with Gasteiger partial charge in [0.1, 0.15) is 23.2 Å². The summed E-state index contributed by atoms with van der Waals surface area (Å²) in [5, 5.41) is 9.47. The van der Waals surface area contributed by atoms with E-state index in [1.54, 1.807) is 6.92 Å². The van der Waals surface area contributed by atoms with Gasteiger partial charge in [0.05, 0.1) is 0 Å². The van der Waals surface area contributed by atoms with Crippen molar-refractivity contribution in [2.75, 3.05) is 16.0 Å². The summed E-state index contributed by atoms with van der Waals surface area (Å²) in [5.74, 6) is 2.46. The lowest BCUT2D eigenvalue weighted by Gasteiger charge is -2.15. The summed E-state index contributed by atoms with van der Waals surface area (Å²) in [5.41, 5.74) is 3.68. The van der Waals surface area contributed by atoms with E-state index in [2.05, 4.69) is 32.8 Å². The van der Waals surface area contributed by atoms with Gasteiger partial charge in [-0.25, -0.2) is 9.97 Å². The SMILES string of the molecule is Cc1ccc(Nc2cc(Nc3ccc(NC(=O)C(C)Oc4ccccc4)cc3)nc(C)n2)cc1. The number of benzene rings is 3. The zero-order valence-corrected chi connectivity index (χ0v) is 19.4. The Morgan fingerprint density at radius 3 is 1.88 bits per heavy atom. The summed E-state index contributed by atoms with van der Waals surface area (Å²) in [4.78, 5) is 21.4. The van der Waals surface area contributed by atoms with Gasteiger partial charge in [0.25, 0.3) is 5.91 Å². The molecule has 4 aromatic rings. The molecule has 0 aliphatic carbocycles. The maximum atomic E-state index is 12.5. The van der Waals surface area contributed by atoms with Crippen molar-refractivity contribution in [2.45, 2.75) is 26.9 Å². The van der Waals surface area contributed by atoms with Crippen LogP contribution < -0.4 is 20.7 Å². The Kier molecular flexibility index (Phi) is 7.03. The van der Waals surface area contributed by atoms with E-state index in [9.17, 15) is 4.79 Å². The van der Waals surface area contributed by atoms with E-state index in [1.165, 1.54) is 5.56 Å². The van der Waals surface area contributed by atoms with E-state index in [4.69, 9.17) is 4.74 Å². The number of aryl methyl sites for hydroxylation is 2. The summed E-state index contributed by atoms with van der Waals surface area (Å²) in [6, 6.07) is 26.7. The molecule has 1 atom stereocenters. The number of para-hydroxylation sites is 1. The molecule has 0 aliphatic rings. The molecule has 7 heteroatoms. The van der Waals surface area contributed by atoms with Crippen molar-refractivity contribution >= 4 is 34.6 Å². The number of ether oxygens (including phenoxy) is 1. The third kappa shape index (κ3) is 6.32. The summed E-state index contributed by atoms with van der Waals surface area (Å²) >= 11 is 0. The van der Waals surface area contributed by atoms with Gasteiger partial charge in [-0.05, 0) is 69.3 Å². The van der Waals surface area contributed by atoms with Crippen molar-refractivity contribution in [1.29, 1.82) is 0 Å². The highest BCUT2D eigenvalue weighted by molar-refractivity contribution is 5.94. The highest BCUT2D eigenvalue weighted by Gasteiger charge is 2.14. The van der Waals surface area contributed by atoms with Crippen LogP contribution in [0.25, 0.3) is 0 Å². The van der Waals surface area contributed by atoms with Gasteiger partial charge in [-0.1, -0.05) is 35.9 Å². The lowest BCUT2D eigenvalue weighted by Crippen LogP contribution is -2.30. The topological polar surface area (TPSA) is 88.2 Å². The number of aromatic nitrogens is 2. The van der Waals surface area contributed by atoms with Crippen LogP contribution in [0.3, 0.4) is 0 Å². The van der Waals surface area contributed by atoms with E-state index < -0.39 is 6.10 Å². The van der Waals surface area contributed by atoms with E-state index in [0.29, 0.717) is 28.9 Å². The van der Waals surface area contributed by atoms with Crippen molar-refractivity contribution in [2.24, 2.45) is 0 Å². The van der Waals surface area contributed by atoms with Crippen LogP contribution in [0.5, 0.6) is 5.75 Å². The second-order valence-electron chi connectivity index (χ2n) is 7.94. The predicted molar refractivity (Wildman–Crippen MR) is 136 cm³/mol. The Labute approximate surface area is 199 Å². The van der Waals surface area contributed by atoms with Gasteiger partial charge in [-0.2, -0.15) is 0 Å². The number of carbonyl (C=O) groups is 1. The third-order valence-corrected chi connectivity index (χ3v) is 5.01. The number of hydrogen-bond acceptors (Lipinski definition) is 6. The first-order valence-electron chi connectivity index (χ1n) is 11.0. The third-order valence-electron chi connectivity index (χ3n) is 5.01. The highest BCUT2D eigenvalue weighted by atomic mass is 16.5. The lowest BCUT2D eigenvalue weighted by atomic mass is 10.2. The molecule has 172 valence electrons. The number of carbonyl (C=O) groups excluding carboxylic acids is 1. The van der Waals surface area contributed by atoms with Gasteiger partial charge in [-0.15, -0.1) is 0 Å². The van der Waals surface area contributed by atoms with Crippen LogP contribution in [0.15, 0.2) is 84.9 Å². The first kappa shape index (κ1) is 22.8. The fourth-order valence-corrected chi connectivity index (χ4v) is 3.27. The predicted octanol–water partition coefficient (Wildman–Crippen LogP) is 5.99. The van der Waals surface area contributed by atoms with Crippen molar-refractivity contribution in [1.82, 2.24) is 9.97 Å². The number of amides is 1. The van der Waals surface area contributed by atoms with E-state index in [-0.39, 0.29) is 5.91 Å². The molecular weight excluding hydrogens is 426 g/mol. The van der Waals surface area contributed by atoms with E-state index >= 15 is 0 Å². The van der Waals surface area contributed by atoms with Crippen LogP contribution >= 0.6 is 0 Å². The molecular formula is C27H27N5O2. The lowest BCUT2D eigenvalue weighted by molar-refractivity contribution is -0.122. The van der Waals surface area contributed by atoms with Gasteiger partial charge in [-0.3, -0.25) is 4.79 Å². The Bertz CT molecular complexity index is 1240. The molecule has 0 saturated carbocycles. The fraction of sp³-hybridized carbons (Fsp3) is 0.148. The number of nitrogens with one attached hydrogen (secondary N) is 3. The summed E-state index contributed by atoms with van der Waals surface area (Å²) in [6.45, 7) is 5.62. The number of rotatable bonds is 8. The monoisotopic (exact) mass is 453 g/mol. The van der Waals surface area contributed by atoms with Crippen LogP contribution in [-0.4, -0.2) is 22.0 Å². The molecule has 7 nitrogen and oxygen atoms in total. The second-order valence-corrected chi connectivity index (χ2v) is 7.94. The molecule has 0 aliphatic heterocycles. The maximum Gasteiger partial charge on any atom is 0.265 e. The first-order chi connectivity index (χ1) is 16.4. The minimum Gasteiger partial charge on any atom is -0.481 e. The normalized spacial score (nSPS) is 11.4. The van der Waals surface area contributed by atoms with Crippen molar-refractivity contribution in [3.63, 3.8) is 0 Å². The van der Waals surface area contributed by atoms with Crippen LogP contribution in [-0.2, 0) is 4.79 Å². The fourth-order valence-electron chi connectivity index (χ4n) is 3.27. The Balaban J connectivity index is 1.37. The first-order valence-corrected chi connectivity index (χ1v) is 11.0. The van der Waals surface area contributed by atoms with Crippen LogP contribution in [0, 0.1) is 13.8 Å². The molecule has 0 fully saturated rings. The standard InChI is InChI=1S/C27H27N5O2/c1-18-9-11-21(12-10-18)30-25-17-26(29-20(3)28-25)31-22-13-15-23(16-14-22)32-27(33)19(2)34-24-7-5-4-6-8-24/h4-17,19H,1-3H3,(H,32,33)(H2,28,29,30,31). The van der Waals surface area contributed by atoms with Gasteiger partial charge in [0.15, 0.2) is 6.10 Å². The molecule has 3 aromatic carbocycles. The van der Waals surface area contributed by atoms with Crippen LogP contribution in [0.4, 0.5) is 28.7 Å². The average molecular weight is 454 g/mol. The average Bonchev–Trinajstić information content (AvgIpc) is 2.82. The summed E-state index contributed by atoms with van der Waals surface area (Å²) < 4.78 is 5.68. The van der Waals surface area contributed by atoms with E-state index in [0.717, 1.165) is 11.4 Å². The molecule has 34 heavy (non-hydrogen) atoms. The molecule has 0 spiro atoms. The molecule has 0 saturated heterocycles. The van der Waals surface area contributed by atoms with Crippen molar-refractivity contribution < 1.29 is 9.53 Å². The molecule has 1 aromatic heterocycles. The molecule has 1 amide bonds. The largest absolute Gasteiger partial charge is 0.481 e. The minimum atomic E-state index is -0.622. The Hall–Kier alpha value is -4.39. The van der Waals surface area contributed by atoms with Crippen LogP contribution in [0.2, 0.25) is 0 Å². The van der Waals surface area contributed by atoms with Crippen molar-refractivity contribution in [3.8, 4) is 5.75 Å². The molecule has 0 bridgehead atoms. The van der Waals surface area contributed by atoms with E-state index in [1.807, 2.05) is 91.9 Å². The number of nitrogens with zero attached hydrogens (tertiary/aromatic N) is 2. The van der Waals surface area contributed by atoms with Gasteiger partial charge in [0.2, 0.25) is 0 Å². The van der Waals surface area contributed by atoms with Gasteiger partial charge in [0, 0.05) is 23.1 Å². The van der Waals surface area contributed by atoms with Crippen LogP contribution in [0.1, 0.15) is 18.3 Å². The number of hydrogen-bond donors (Lipinski definition) is 3. The quantitative estimate of drug-likeness (QED) is 0.304.